The maximum Gasteiger partial charge on any atom is 0.419 e. The molecule has 0 atom stereocenters. The van der Waals surface area contributed by atoms with Crippen LogP contribution in [0.2, 0.25) is 0 Å². The zero-order valence-electron chi connectivity index (χ0n) is 14.3. The van der Waals surface area contributed by atoms with Crippen molar-refractivity contribution in [2.75, 3.05) is 18.5 Å². The van der Waals surface area contributed by atoms with Crippen LogP contribution in [0.25, 0.3) is 0 Å². The van der Waals surface area contributed by atoms with Crippen molar-refractivity contribution in [3.05, 3.63) is 47.8 Å². The summed E-state index contributed by atoms with van der Waals surface area (Å²) in [5.41, 5.74) is 0.409. The summed E-state index contributed by atoms with van der Waals surface area (Å²) in [6.07, 6.45) is -2.92. The summed E-state index contributed by atoms with van der Waals surface area (Å²) in [4.78, 5) is 7.29. The number of nitrogens with one attached hydrogen (secondary N) is 1. The maximum absolute atomic E-state index is 12.5. The van der Waals surface area contributed by atoms with Crippen LogP contribution in [0.3, 0.4) is 0 Å². The number of hydrogen-bond donors (Lipinski definition) is 1. The van der Waals surface area contributed by atoms with Crippen molar-refractivity contribution in [1.29, 1.82) is 0 Å². The van der Waals surface area contributed by atoms with Gasteiger partial charge in [0.15, 0.2) is 0 Å². The lowest BCUT2D eigenvalue weighted by Gasteiger charge is -2.17. The van der Waals surface area contributed by atoms with Crippen LogP contribution < -0.4 is 5.32 Å². The quantitative estimate of drug-likeness (QED) is 0.640. The van der Waals surface area contributed by atoms with Crippen LogP contribution in [0.4, 0.5) is 24.8 Å². The fraction of sp³-hybridized carbons (Fsp3) is 0.375. The summed E-state index contributed by atoms with van der Waals surface area (Å²) in [6, 6.07) is 6.80. The van der Waals surface area contributed by atoms with Crippen molar-refractivity contribution in [1.82, 2.24) is 9.97 Å². The third-order valence-corrected chi connectivity index (χ3v) is 5.27. The Morgan fingerprint density at radius 3 is 2.04 bits per heavy atom. The largest absolute Gasteiger partial charge is 0.419 e. The summed E-state index contributed by atoms with van der Waals surface area (Å²) < 4.78 is 60.5. The predicted molar refractivity (Wildman–Crippen MR) is 91.3 cm³/mol. The molecule has 10 heteroatoms. The number of benzene rings is 1. The van der Waals surface area contributed by atoms with Gasteiger partial charge in [-0.25, -0.2) is 9.97 Å². The minimum Gasteiger partial charge on any atom is -0.324 e. The molecule has 0 saturated heterocycles. The third kappa shape index (κ3) is 5.79. The molecule has 0 aliphatic heterocycles. The Morgan fingerprint density at radius 1 is 1.04 bits per heavy atom. The molecular formula is C16H19F3N3O3P. The molecule has 1 N–H and O–H groups in total. The van der Waals surface area contributed by atoms with Gasteiger partial charge in [-0.2, -0.15) is 13.2 Å². The van der Waals surface area contributed by atoms with Gasteiger partial charge in [0.2, 0.25) is 5.95 Å². The highest BCUT2D eigenvalue weighted by Gasteiger charge is 2.31. The average molecular weight is 389 g/mol. The highest BCUT2D eigenvalue weighted by atomic mass is 31.2. The molecule has 1 aromatic heterocycles. The summed E-state index contributed by atoms with van der Waals surface area (Å²) in [6.45, 7) is 4.04. The molecule has 0 unspecified atom stereocenters. The number of aromatic nitrogens is 2. The molecule has 0 spiro atoms. The average Bonchev–Trinajstić information content (AvgIpc) is 2.57. The number of rotatable bonds is 8. The first kappa shape index (κ1) is 20.4. The van der Waals surface area contributed by atoms with Gasteiger partial charge >= 0.3 is 13.8 Å². The van der Waals surface area contributed by atoms with Gasteiger partial charge in [-0.3, -0.25) is 4.57 Å². The standard InChI is InChI=1S/C16H19F3N3O3P/c1-3-24-26(23,25-4-2)11-12-5-7-14(8-6-12)22-15-20-9-13(10-21-15)16(17,18)19/h5-10H,3-4,11H2,1-2H3,(H,20,21,22). The second-order valence-electron chi connectivity index (χ2n) is 5.22. The summed E-state index contributed by atoms with van der Waals surface area (Å²) in [5, 5.41) is 2.80. The molecule has 1 aromatic carbocycles. The van der Waals surface area contributed by atoms with E-state index >= 15 is 0 Å². The van der Waals surface area contributed by atoms with Crippen molar-refractivity contribution in [2.45, 2.75) is 26.2 Å². The van der Waals surface area contributed by atoms with E-state index in [1.807, 2.05) is 0 Å². The van der Waals surface area contributed by atoms with E-state index in [9.17, 15) is 17.7 Å². The molecule has 0 radical (unpaired) electrons. The zero-order valence-corrected chi connectivity index (χ0v) is 15.2. The summed E-state index contributed by atoms with van der Waals surface area (Å²) in [5.74, 6) is 0.0417. The van der Waals surface area contributed by atoms with Crippen molar-refractivity contribution in [3.63, 3.8) is 0 Å². The van der Waals surface area contributed by atoms with E-state index in [-0.39, 0.29) is 25.3 Å². The lowest BCUT2D eigenvalue weighted by Crippen LogP contribution is -2.07. The predicted octanol–water partition coefficient (Wildman–Crippen LogP) is 5.01. The zero-order chi connectivity index (χ0) is 19.2. The Hall–Kier alpha value is -1.96. The Labute approximate surface area is 149 Å². The number of anilines is 2. The molecule has 142 valence electrons. The van der Waals surface area contributed by atoms with Gasteiger partial charge in [0, 0.05) is 18.1 Å². The minimum atomic E-state index is -4.48. The van der Waals surface area contributed by atoms with E-state index < -0.39 is 19.3 Å². The molecule has 0 saturated carbocycles. The van der Waals surface area contributed by atoms with Crippen LogP contribution in [0, 0.1) is 0 Å². The number of alkyl halides is 3. The van der Waals surface area contributed by atoms with Gasteiger partial charge in [0.1, 0.15) is 0 Å². The van der Waals surface area contributed by atoms with Crippen molar-refractivity contribution in [2.24, 2.45) is 0 Å². The van der Waals surface area contributed by atoms with E-state index in [1.54, 1.807) is 38.1 Å². The van der Waals surface area contributed by atoms with Crippen molar-refractivity contribution >= 4 is 19.2 Å². The fourth-order valence-corrected chi connectivity index (χ4v) is 3.81. The van der Waals surface area contributed by atoms with Gasteiger partial charge < -0.3 is 14.4 Å². The monoisotopic (exact) mass is 389 g/mol. The summed E-state index contributed by atoms with van der Waals surface area (Å²) in [7, 11) is -3.20. The van der Waals surface area contributed by atoms with Crippen LogP contribution >= 0.6 is 7.60 Å². The number of nitrogens with zero attached hydrogens (tertiary/aromatic N) is 2. The van der Waals surface area contributed by atoms with Gasteiger partial charge in [-0.05, 0) is 31.5 Å². The van der Waals surface area contributed by atoms with E-state index in [1.165, 1.54) is 0 Å². The highest BCUT2D eigenvalue weighted by molar-refractivity contribution is 7.53. The normalized spacial score (nSPS) is 12.2. The van der Waals surface area contributed by atoms with Crippen LogP contribution in [-0.2, 0) is 26.0 Å². The lowest BCUT2D eigenvalue weighted by atomic mass is 10.2. The molecule has 2 rings (SSSR count). The Bertz CT molecular complexity index is 742. The Kier molecular flexibility index (Phi) is 6.75. The maximum atomic E-state index is 12.5. The molecule has 0 fully saturated rings. The Balaban J connectivity index is 2.04. The van der Waals surface area contributed by atoms with E-state index in [0.29, 0.717) is 18.1 Å². The number of halogens is 3. The molecular weight excluding hydrogens is 370 g/mol. The first-order valence-electron chi connectivity index (χ1n) is 7.89. The molecule has 0 aliphatic rings. The van der Waals surface area contributed by atoms with Gasteiger partial charge in [0.05, 0.1) is 24.9 Å². The molecule has 0 bridgehead atoms. The molecule has 0 amide bonds. The fourth-order valence-electron chi connectivity index (χ4n) is 2.11. The van der Waals surface area contributed by atoms with Crippen molar-refractivity contribution in [3.8, 4) is 0 Å². The second-order valence-corrected chi connectivity index (χ2v) is 7.27. The first-order valence-corrected chi connectivity index (χ1v) is 9.62. The smallest absolute Gasteiger partial charge is 0.324 e. The van der Waals surface area contributed by atoms with Gasteiger partial charge in [0.25, 0.3) is 0 Å². The van der Waals surface area contributed by atoms with Gasteiger partial charge in [-0.1, -0.05) is 12.1 Å². The lowest BCUT2D eigenvalue weighted by molar-refractivity contribution is -0.138. The van der Waals surface area contributed by atoms with Crippen LogP contribution in [0.5, 0.6) is 0 Å². The highest BCUT2D eigenvalue weighted by Crippen LogP contribution is 2.51. The minimum absolute atomic E-state index is 0.0417. The van der Waals surface area contributed by atoms with Crippen LogP contribution in [0.15, 0.2) is 36.7 Å². The van der Waals surface area contributed by atoms with E-state index in [2.05, 4.69) is 15.3 Å². The van der Waals surface area contributed by atoms with Crippen LogP contribution in [-0.4, -0.2) is 23.2 Å². The van der Waals surface area contributed by atoms with Gasteiger partial charge in [-0.15, -0.1) is 0 Å². The van der Waals surface area contributed by atoms with Crippen molar-refractivity contribution < 1.29 is 26.8 Å². The third-order valence-electron chi connectivity index (χ3n) is 3.22. The molecule has 1 heterocycles. The molecule has 0 aliphatic carbocycles. The molecule has 26 heavy (non-hydrogen) atoms. The van der Waals surface area contributed by atoms with E-state index in [0.717, 1.165) is 5.56 Å². The number of hydrogen-bond acceptors (Lipinski definition) is 6. The molecule has 2 aromatic rings. The Morgan fingerprint density at radius 2 is 1.58 bits per heavy atom. The second kappa shape index (κ2) is 8.62. The van der Waals surface area contributed by atoms with E-state index in [4.69, 9.17) is 9.05 Å². The van der Waals surface area contributed by atoms with Crippen LogP contribution in [0.1, 0.15) is 25.0 Å². The molecule has 6 nitrogen and oxygen atoms in total. The summed E-state index contributed by atoms with van der Waals surface area (Å²) >= 11 is 0. The topological polar surface area (TPSA) is 73.3 Å². The SMILES string of the molecule is CCOP(=O)(Cc1ccc(Nc2ncc(C(F)(F)F)cn2)cc1)OCC. The first-order chi connectivity index (χ1) is 12.3.